The molecule has 226 valence electrons. The van der Waals surface area contributed by atoms with E-state index in [0.29, 0.717) is 33.2 Å². The van der Waals surface area contributed by atoms with Crippen LogP contribution in [0.25, 0.3) is 10.2 Å². The number of carbonyl (C=O) groups is 1. The molecule has 1 aliphatic carbocycles. The summed E-state index contributed by atoms with van der Waals surface area (Å²) >= 11 is 1.27. The number of nitrogens with zero attached hydrogens (tertiary/aromatic N) is 3. The van der Waals surface area contributed by atoms with Crippen molar-refractivity contribution in [1.29, 1.82) is 0 Å². The molecule has 1 aliphatic rings. The van der Waals surface area contributed by atoms with Crippen molar-refractivity contribution in [2.24, 2.45) is 5.73 Å². The topological polar surface area (TPSA) is 62.5 Å². The third-order valence-electron chi connectivity index (χ3n) is 8.13. The number of rotatable bonds is 10. The minimum atomic E-state index is -0.631. The molecule has 0 spiro atoms. The lowest BCUT2D eigenvalue weighted by Gasteiger charge is -2.47. The Morgan fingerprint density at radius 1 is 0.956 bits per heavy atom. The number of benzene rings is 4. The van der Waals surface area contributed by atoms with Gasteiger partial charge >= 0.3 is 0 Å². The summed E-state index contributed by atoms with van der Waals surface area (Å²) in [5, 5.41) is 0.460. The Kier molecular flexibility index (Phi) is 8.89. The van der Waals surface area contributed by atoms with Gasteiger partial charge in [0, 0.05) is 24.0 Å². The second-order valence-corrected chi connectivity index (χ2v) is 12.0. The first-order valence-electron chi connectivity index (χ1n) is 15.1. The molecule has 0 radical (unpaired) electrons. The molecule has 0 aliphatic heterocycles. The molecule has 7 heteroatoms. The Labute approximate surface area is 267 Å². The maximum atomic E-state index is 14.1. The first-order chi connectivity index (χ1) is 22.0. The van der Waals surface area contributed by atoms with Crippen LogP contribution < -0.4 is 10.6 Å². The van der Waals surface area contributed by atoms with Gasteiger partial charge in [0.1, 0.15) is 11.4 Å². The normalized spacial score (nSPS) is 13.5. The molecule has 0 unspecified atom stereocenters. The highest BCUT2D eigenvalue weighted by Gasteiger charge is 2.42. The van der Waals surface area contributed by atoms with E-state index >= 15 is 0 Å². The van der Waals surface area contributed by atoms with E-state index in [1.54, 1.807) is 23.1 Å². The van der Waals surface area contributed by atoms with Crippen molar-refractivity contribution >= 4 is 32.6 Å². The number of fused-ring (bicyclic) bond motifs is 1. The van der Waals surface area contributed by atoms with E-state index in [9.17, 15) is 9.18 Å². The molecule has 5 aromatic rings. The van der Waals surface area contributed by atoms with Gasteiger partial charge in [0.2, 0.25) is 0 Å². The van der Waals surface area contributed by atoms with E-state index in [4.69, 9.17) is 10.7 Å². The quantitative estimate of drug-likeness (QED) is 0.172. The Morgan fingerprint density at radius 2 is 1.60 bits per heavy atom. The van der Waals surface area contributed by atoms with Gasteiger partial charge in [-0.25, -0.2) is 9.37 Å². The van der Waals surface area contributed by atoms with Crippen molar-refractivity contribution < 1.29 is 9.18 Å². The molecule has 0 saturated carbocycles. The van der Waals surface area contributed by atoms with E-state index in [2.05, 4.69) is 78.6 Å². The summed E-state index contributed by atoms with van der Waals surface area (Å²) in [5.41, 5.74) is 11.5. The smallest absolute Gasteiger partial charge is 0.260 e. The summed E-state index contributed by atoms with van der Waals surface area (Å²) in [5.74, 6) is -0.575. The molecule has 1 heterocycles. The summed E-state index contributed by atoms with van der Waals surface area (Å²) in [4.78, 5) is 22.6. The number of thiazole rings is 1. The third kappa shape index (κ3) is 6.04. The van der Waals surface area contributed by atoms with Crippen LogP contribution in [0.5, 0.6) is 0 Å². The van der Waals surface area contributed by atoms with E-state index in [-0.39, 0.29) is 18.3 Å². The van der Waals surface area contributed by atoms with Crippen molar-refractivity contribution in [1.82, 2.24) is 9.88 Å². The first-order valence-corrected chi connectivity index (χ1v) is 16.0. The summed E-state index contributed by atoms with van der Waals surface area (Å²) in [6.07, 6.45) is 10.4. The van der Waals surface area contributed by atoms with Gasteiger partial charge in [0.15, 0.2) is 5.13 Å². The van der Waals surface area contributed by atoms with Crippen LogP contribution in [0.2, 0.25) is 0 Å². The number of hydrogen-bond donors (Lipinski definition) is 1. The third-order valence-corrected chi connectivity index (χ3v) is 9.17. The fourth-order valence-corrected chi connectivity index (χ4v) is 7.12. The molecule has 1 amide bonds. The van der Waals surface area contributed by atoms with Gasteiger partial charge in [-0.3, -0.25) is 9.69 Å². The summed E-state index contributed by atoms with van der Waals surface area (Å²) in [6, 6.07) is 34.6. The molecular weight excluding hydrogens is 580 g/mol. The van der Waals surface area contributed by atoms with Crippen LogP contribution in [0, 0.1) is 5.82 Å². The number of hydrogen-bond acceptors (Lipinski definition) is 5. The lowest BCUT2D eigenvalue weighted by molar-refractivity contribution is 0.0988. The fraction of sp³-hybridized carbons (Fsp3) is 0.158. The molecule has 5 nitrogen and oxygen atoms in total. The lowest BCUT2D eigenvalue weighted by atomic mass is 9.72. The zero-order chi connectivity index (χ0) is 31.2. The Hall–Kier alpha value is -5.01. The largest absolute Gasteiger partial charge is 0.399 e. The van der Waals surface area contributed by atoms with E-state index in [0.717, 1.165) is 24.0 Å². The molecule has 1 aromatic heterocycles. The average Bonchev–Trinajstić information content (AvgIpc) is 3.51. The van der Waals surface area contributed by atoms with Gasteiger partial charge in [0.05, 0.1) is 16.8 Å². The maximum Gasteiger partial charge on any atom is 0.260 e. The molecule has 4 aromatic carbocycles. The highest BCUT2D eigenvalue weighted by Crippen LogP contribution is 2.45. The predicted molar refractivity (Wildman–Crippen MR) is 182 cm³/mol. The van der Waals surface area contributed by atoms with E-state index < -0.39 is 5.54 Å². The molecule has 0 atom stereocenters. The minimum Gasteiger partial charge on any atom is -0.399 e. The van der Waals surface area contributed by atoms with Crippen LogP contribution in [0.15, 0.2) is 145 Å². The van der Waals surface area contributed by atoms with Crippen molar-refractivity contribution in [2.45, 2.75) is 25.3 Å². The number of nitrogens with two attached hydrogens (primary N) is 1. The number of halogens is 1. The van der Waals surface area contributed by atoms with Crippen molar-refractivity contribution in [3.8, 4) is 0 Å². The van der Waals surface area contributed by atoms with Gasteiger partial charge in [-0.05, 0) is 66.8 Å². The number of amides is 1. The molecule has 6 rings (SSSR count). The van der Waals surface area contributed by atoms with E-state index in [1.165, 1.54) is 29.0 Å². The first kappa shape index (κ1) is 30.0. The van der Waals surface area contributed by atoms with Crippen LogP contribution in [-0.2, 0) is 5.54 Å². The van der Waals surface area contributed by atoms with Gasteiger partial charge in [-0.1, -0.05) is 108 Å². The van der Waals surface area contributed by atoms with Crippen LogP contribution in [-0.4, -0.2) is 28.9 Å². The lowest BCUT2D eigenvalue weighted by Crippen LogP contribution is -2.47. The molecule has 2 N–H and O–H groups in total. The number of aromatic nitrogens is 1. The van der Waals surface area contributed by atoms with Crippen molar-refractivity contribution in [3.05, 3.63) is 167 Å². The zero-order valence-electron chi connectivity index (χ0n) is 25.1. The Balaban J connectivity index is 1.47. The monoisotopic (exact) mass is 614 g/mol. The van der Waals surface area contributed by atoms with Crippen molar-refractivity contribution in [2.75, 3.05) is 18.0 Å². The highest BCUT2D eigenvalue weighted by molar-refractivity contribution is 7.22. The van der Waals surface area contributed by atoms with Gasteiger partial charge in [-0.2, -0.15) is 0 Å². The predicted octanol–water partition coefficient (Wildman–Crippen LogP) is 8.42. The highest BCUT2D eigenvalue weighted by atomic mass is 32.1. The number of likely N-dealkylation sites (N-methyl/N-ethyl adjacent to an activating group) is 1. The van der Waals surface area contributed by atoms with Gasteiger partial charge < -0.3 is 10.6 Å². The van der Waals surface area contributed by atoms with Gasteiger partial charge in [-0.15, -0.1) is 0 Å². The van der Waals surface area contributed by atoms with Gasteiger partial charge in [0.25, 0.3) is 5.91 Å². The number of allylic oxidation sites excluding steroid dienone is 3. The SMILES string of the molecule is CCN(/C=C(\N)CN(C(=O)c1ccccc1)c1nc2ccc(F)cc2s1)C(C1=CC=CCC1)(c1ccccc1)c1ccccc1. The van der Waals surface area contributed by atoms with Crippen LogP contribution in [0.4, 0.5) is 9.52 Å². The Morgan fingerprint density at radius 3 is 2.20 bits per heavy atom. The number of anilines is 1. The summed E-state index contributed by atoms with van der Waals surface area (Å²) in [7, 11) is 0. The molecule has 0 fully saturated rings. The maximum absolute atomic E-state index is 14.1. The average molecular weight is 615 g/mol. The minimum absolute atomic E-state index is 0.102. The van der Waals surface area contributed by atoms with Crippen molar-refractivity contribution in [3.63, 3.8) is 0 Å². The summed E-state index contributed by atoms with van der Waals surface area (Å²) in [6.45, 7) is 2.88. The van der Waals surface area contributed by atoms with Crippen LogP contribution in [0.1, 0.15) is 41.3 Å². The Bertz CT molecular complexity index is 1830. The van der Waals surface area contributed by atoms with E-state index in [1.807, 2.05) is 36.5 Å². The number of carbonyl (C=O) groups excluding carboxylic acids is 1. The van der Waals surface area contributed by atoms with Crippen LogP contribution in [0.3, 0.4) is 0 Å². The fourth-order valence-electron chi connectivity index (χ4n) is 6.13. The molecular formula is C38H35FN4OS. The summed E-state index contributed by atoms with van der Waals surface area (Å²) < 4.78 is 14.7. The van der Waals surface area contributed by atoms with Crippen LogP contribution >= 0.6 is 11.3 Å². The zero-order valence-corrected chi connectivity index (χ0v) is 26.0. The second-order valence-electron chi connectivity index (χ2n) is 11.0. The molecule has 0 saturated heterocycles. The molecule has 45 heavy (non-hydrogen) atoms. The second kappa shape index (κ2) is 13.3. The molecule has 0 bridgehead atoms. The standard InChI is InChI=1S/C38H35FN4OS/c1-2-42(38(29-17-9-4-10-18-29,30-19-11-5-12-20-30)31-21-13-6-14-22-31)26-33(40)27-43(36(44)28-15-7-3-8-16-28)37-41-34-24-23-32(39)25-35(34)45-37/h3-13,15-21,23-26H,2,14,22,27,40H2,1H3/b33-26-.